The van der Waals surface area contributed by atoms with Crippen molar-refractivity contribution >= 4 is 43.5 Å². The molecule has 9 nitrogen and oxygen atoms in total. The Labute approximate surface area is 300 Å². The SMILES string of the molecule is Oc1c(O)c(O)c2c(-c3ccc(-c4ccc5oc6ccccc6c5c4-c4ccccc4)cc3)c3c(O)c(O)c(O)c(O)c3c(-c3ccccc3)c2c1O. The summed E-state index contributed by atoms with van der Waals surface area (Å²) in [6, 6.07) is 36.9. The number of para-hydroxylation sites is 1. The summed E-state index contributed by atoms with van der Waals surface area (Å²) in [6.45, 7) is 0. The monoisotopic (exact) mass is 700 g/mol. The van der Waals surface area contributed by atoms with E-state index in [9.17, 15) is 40.9 Å². The van der Waals surface area contributed by atoms with E-state index >= 15 is 0 Å². The number of aromatic hydroxyl groups is 8. The van der Waals surface area contributed by atoms with Crippen LogP contribution in [0, 0.1) is 0 Å². The Kier molecular flexibility index (Phi) is 6.83. The van der Waals surface area contributed by atoms with Gasteiger partial charge in [0.1, 0.15) is 11.2 Å². The molecule has 0 fully saturated rings. The lowest BCUT2D eigenvalue weighted by Gasteiger charge is -2.22. The molecular formula is C44H28O9. The first kappa shape index (κ1) is 31.5. The summed E-state index contributed by atoms with van der Waals surface area (Å²) in [5.41, 5.74) is 5.67. The van der Waals surface area contributed by atoms with Crippen LogP contribution in [0.5, 0.6) is 46.0 Å². The van der Waals surface area contributed by atoms with Gasteiger partial charge in [0.05, 0.1) is 0 Å². The predicted octanol–water partition coefficient (Wildman–Crippen LogP) is 10.2. The highest BCUT2D eigenvalue weighted by molar-refractivity contribution is 6.29. The van der Waals surface area contributed by atoms with Crippen LogP contribution in [0.25, 0.3) is 88.0 Å². The van der Waals surface area contributed by atoms with E-state index in [1.54, 1.807) is 42.5 Å². The van der Waals surface area contributed by atoms with Crippen LogP contribution in [-0.4, -0.2) is 40.9 Å². The van der Waals surface area contributed by atoms with Crippen LogP contribution in [0.3, 0.4) is 0 Å². The first-order valence-electron chi connectivity index (χ1n) is 16.6. The van der Waals surface area contributed by atoms with Crippen molar-refractivity contribution in [2.24, 2.45) is 0 Å². The second-order valence-electron chi connectivity index (χ2n) is 12.8. The van der Waals surface area contributed by atoms with Crippen LogP contribution in [0.1, 0.15) is 0 Å². The maximum atomic E-state index is 11.5. The summed E-state index contributed by atoms with van der Waals surface area (Å²) in [4.78, 5) is 0. The van der Waals surface area contributed by atoms with Crippen molar-refractivity contribution in [3.8, 4) is 90.5 Å². The fourth-order valence-electron chi connectivity index (χ4n) is 7.58. The van der Waals surface area contributed by atoms with Crippen LogP contribution in [0.15, 0.2) is 126 Å². The average Bonchev–Trinajstić information content (AvgIpc) is 3.58. The molecule has 0 saturated heterocycles. The van der Waals surface area contributed by atoms with Gasteiger partial charge in [-0.2, -0.15) is 0 Å². The number of hydrogen-bond acceptors (Lipinski definition) is 9. The van der Waals surface area contributed by atoms with E-state index in [0.29, 0.717) is 11.1 Å². The van der Waals surface area contributed by atoms with Gasteiger partial charge in [0.2, 0.25) is 23.0 Å². The minimum Gasteiger partial charge on any atom is -0.504 e. The highest BCUT2D eigenvalue weighted by Gasteiger charge is 2.32. The highest BCUT2D eigenvalue weighted by Crippen LogP contribution is 2.61. The van der Waals surface area contributed by atoms with Gasteiger partial charge >= 0.3 is 0 Å². The van der Waals surface area contributed by atoms with E-state index in [1.807, 2.05) is 78.9 Å². The third kappa shape index (κ3) is 4.44. The molecule has 0 saturated carbocycles. The summed E-state index contributed by atoms with van der Waals surface area (Å²) in [7, 11) is 0. The maximum absolute atomic E-state index is 11.5. The first-order valence-corrected chi connectivity index (χ1v) is 16.6. The van der Waals surface area contributed by atoms with Crippen molar-refractivity contribution < 1.29 is 45.3 Å². The molecule has 1 heterocycles. The van der Waals surface area contributed by atoms with Gasteiger partial charge in [0.15, 0.2) is 23.0 Å². The van der Waals surface area contributed by atoms with E-state index in [1.165, 1.54) is 0 Å². The zero-order valence-electron chi connectivity index (χ0n) is 27.5. The Balaban J connectivity index is 1.38. The molecule has 258 valence electrons. The molecule has 0 radical (unpaired) electrons. The van der Waals surface area contributed by atoms with Crippen LogP contribution in [-0.2, 0) is 0 Å². The maximum Gasteiger partial charge on any atom is 0.204 e. The van der Waals surface area contributed by atoms with E-state index in [-0.39, 0.29) is 32.7 Å². The highest BCUT2D eigenvalue weighted by atomic mass is 16.4. The van der Waals surface area contributed by atoms with Gasteiger partial charge in [0.25, 0.3) is 0 Å². The van der Waals surface area contributed by atoms with E-state index in [2.05, 4.69) is 0 Å². The van der Waals surface area contributed by atoms with Gasteiger partial charge in [-0.15, -0.1) is 0 Å². The number of phenolic OH excluding ortho intramolecular Hbond substituents is 8. The minimum atomic E-state index is -1.02. The first-order chi connectivity index (χ1) is 25.7. The summed E-state index contributed by atoms with van der Waals surface area (Å²) >= 11 is 0. The molecule has 9 heteroatoms. The molecule has 0 bridgehead atoms. The normalized spacial score (nSPS) is 11.6. The Hall–Kier alpha value is -7.52. The smallest absolute Gasteiger partial charge is 0.204 e. The van der Waals surface area contributed by atoms with Gasteiger partial charge in [0, 0.05) is 49.0 Å². The Bertz CT molecular complexity index is 2870. The fraction of sp³-hybridized carbons (Fsp3) is 0. The summed E-state index contributed by atoms with van der Waals surface area (Å²) in [5.74, 6) is -7.39. The van der Waals surface area contributed by atoms with E-state index in [0.717, 1.165) is 44.2 Å². The zero-order chi connectivity index (χ0) is 36.7. The molecule has 0 aliphatic rings. The molecule has 0 aliphatic carbocycles. The van der Waals surface area contributed by atoms with Crippen molar-refractivity contribution in [3.63, 3.8) is 0 Å². The lowest BCUT2D eigenvalue weighted by atomic mass is 9.83. The number of fused-ring (bicyclic) bond motifs is 5. The van der Waals surface area contributed by atoms with Crippen molar-refractivity contribution in [1.82, 2.24) is 0 Å². The molecule has 1 aromatic heterocycles. The molecule has 0 aliphatic heterocycles. The Morgan fingerprint density at radius 1 is 0.283 bits per heavy atom. The molecule has 8 N–H and O–H groups in total. The zero-order valence-corrected chi connectivity index (χ0v) is 27.5. The summed E-state index contributed by atoms with van der Waals surface area (Å²) in [6.07, 6.45) is 0. The van der Waals surface area contributed by atoms with Crippen LogP contribution < -0.4 is 0 Å². The molecule has 0 amide bonds. The quantitative estimate of drug-likeness (QED) is 0.0504. The summed E-state index contributed by atoms with van der Waals surface area (Å²) < 4.78 is 6.22. The second-order valence-corrected chi connectivity index (χ2v) is 12.8. The lowest BCUT2D eigenvalue weighted by Crippen LogP contribution is -1.94. The topological polar surface area (TPSA) is 175 Å². The molecular weight excluding hydrogens is 672 g/mol. The Morgan fingerprint density at radius 3 is 1.17 bits per heavy atom. The minimum absolute atomic E-state index is 0.00434. The van der Waals surface area contributed by atoms with Gasteiger partial charge in [-0.1, -0.05) is 109 Å². The standard InChI is InChI=1S/C44H28O9/c45-37-33-30(23-11-5-2-6-12-23)34-36(40(48)44(52)42(50)38(34)46)31(35(33)39(47)43(51)41(37)49)24-17-15-21(16-18-24)25-19-20-28-32(26-13-7-8-14-27(26)53-28)29(25)22-9-3-1-4-10-22/h1-20,45-52H. The van der Waals surface area contributed by atoms with Crippen LogP contribution in [0.4, 0.5) is 0 Å². The van der Waals surface area contributed by atoms with Crippen molar-refractivity contribution in [3.05, 3.63) is 121 Å². The molecule has 0 unspecified atom stereocenters. The van der Waals surface area contributed by atoms with Crippen molar-refractivity contribution in [2.75, 3.05) is 0 Å². The molecule has 0 spiro atoms. The van der Waals surface area contributed by atoms with Crippen molar-refractivity contribution in [1.29, 1.82) is 0 Å². The summed E-state index contributed by atoms with van der Waals surface area (Å²) in [5, 5.41) is 90.1. The molecule has 0 atom stereocenters. The van der Waals surface area contributed by atoms with Gasteiger partial charge in [-0.05, 0) is 39.9 Å². The van der Waals surface area contributed by atoms with Crippen LogP contribution in [0.2, 0.25) is 0 Å². The van der Waals surface area contributed by atoms with Gasteiger partial charge in [-0.25, -0.2) is 0 Å². The van der Waals surface area contributed by atoms with Crippen molar-refractivity contribution in [2.45, 2.75) is 0 Å². The lowest BCUT2D eigenvalue weighted by molar-refractivity contribution is 0.350. The number of hydrogen-bond donors (Lipinski definition) is 8. The molecule has 9 aromatic rings. The van der Waals surface area contributed by atoms with Crippen LogP contribution >= 0.6 is 0 Å². The number of rotatable bonds is 4. The number of phenols is 8. The molecule has 8 aromatic carbocycles. The fourth-order valence-corrected chi connectivity index (χ4v) is 7.58. The second kappa shape index (κ2) is 11.5. The third-order valence-electron chi connectivity index (χ3n) is 9.95. The van der Waals surface area contributed by atoms with E-state index in [4.69, 9.17) is 4.42 Å². The Morgan fingerprint density at radius 2 is 0.679 bits per heavy atom. The number of benzene rings is 8. The third-order valence-corrected chi connectivity index (χ3v) is 9.95. The van der Waals surface area contributed by atoms with Gasteiger partial charge < -0.3 is 45.3 Å². The average molecular weight is 701 g/mol. The van der Waals surface area contributed by atoms with Gasteiger partial charge in [-0.3, -0.25) is 0 Å². The molecule has 9 rings (SSSR count). The van der Waals surface area contributed by atoms with E-state index < -0.39 is 46.0 Å². The predicted molar refractivity (Wildman–Crippen MR) is 204 cm³/mol. The number of furan rings is 1. The largest absolute Gasteiger partial charge is 0.504 e. The molecule has 53 heavy (non-hydrogen) atoms.